The van der Waals surface area contributed by atoms with Crippen LogP contribution in [0.2, 0.25) is 0 Å². The number of aliphatic hydroxyl groups excluding tert-OH is 1. The molecule has 104 valence electrons. The molecule has 0 aliphatic carbocycles. The summed E-state index contributed by atoms with van der Waals surface area (Å²) in [6.07, 6.45) is 0. The number of hydrogen-bond acceptors (Lipinski definition) is 5. The minimum atomic E-state index is -0.0562. The van der Waals surface area contributed by atoms with E-state index in [2.05, 4.69) is 24.1 Å². The fraction of sp³-hybridized carbons (Fsp3) is 0.571. The third-order valence-corrected chi connectivity index (χ3v) is 3.80. The van der Waals surface area contributed by atoms with Gasteiger partial charge in [-0.15, -0.1) is 0 Å². The summed E-state index contributed by atoms with van der Waals surface area (Å²) < 4.78 is 10.8. The van der Waals surface area contributed by atoms with E-state index in [1.165, 1.54) is 0 Å². The molecule has 0 amide bonds. The second kappa shape index (κ2) is 4.58. The predicted molar refractivity (Wildman–Crippen MR) is 72.9 cm³/mol. The highest BCUT2D eigenvalue weighted by atomic mass is 16.7. The standard InChI is InChI=1S/C14H20N2O3/c1-14(2)8-15-6-11(7-17)16(14)10-3-4-12-13(5-10)19-9-18-12/h3-5,11,15,17H,6-9H2,1-2H3. The number of benzene rings is 1. The zero-order chi connectivity index (χ0) is 13.5. The molecule has 0 saturated carbocycles. The van der Waals surface area contributed by atoms with Crippen molar-refractivity contribution in [3.05, 3.63) is 18.2 Å². The van der Waals surface area contributed by atoms with E-state index < -0.39 is 0 Å². The number of nitrogens with one attached hydrogen (secondary N) is 1. The Kier molecular flexibility index (Phi) is 3.03. The molecule has 2 aliphatic rings. The minimum absolute atomic E-state index is 0.0562. The summed E-state index contributed by atoms with van der Waals surface area (Å²) in [5.74, 6) is 1.57. The van der Waals surface area contributed by atoms with Gasteiger partial charge in [0.1, 0.15) is 0 Å². The van der Waals surface area contributed by atoms with Gasteiger partial charge in [0, 0.05) is 30.4 Å². The number of anilines is 1. The molecule has 0 aromatic heterocycles. The summed E-state index contributed by atoms with van der Waals surface area (Å²) in [6.45, 7) is 6.43. The minimum Gasteiger partial charge on any atom is -0.454 e. The number of fused-ring (bicyclic) bond motifs is 1. The molecule has 1 aromatic carbocycles. The third-order valence-electron chi connectivity index (χ3n) is 3.80. The van der Waals surface area contributed by atoms with Crippen molar-refractivity contribution >= 4 is 5.69 Å². The van der Waals surface area contributed by atoms with Gasteiger partial charge in [0.15, 0.2) is 11.5 Å². The van der Waals surface area contributed by atoms with Gasteiger partial charge in [0.2, 0.25) is 6.79 Å². The second-order valence-corrected chi connectivity index (χ2v) is 5.69. The molecule has 2 N–H and O–H groups in total. The lowest BCUT2D eigenvalue weighted by molar-refractivity contribution is 0.174. The van der Waals surface area contributed by atoms with Crippen molar-refractivity contribution in [2.75, 3.05) is 31.4 Å². The van der Waals surface area contributed by atoms with Crippen molar-refractivity contribution < 1.29 is 14.6 Å². The first-order chi connectivity index (χ1) is 9.12. The molecular weight excluding hydrogens is 244 g/mol. The van der Waals surface area contributed by atoms with E-state index in [1.54, 1.807) is 0 Å². The lowest BCUT2D eigenvalue weighted by Gasteiger charge is -2.49. The SMILES string of the molecule is CC1(C)CNCC(CO)N1c1ccc2c(c1)OCO2. The molecule has 1 aromatic rings. The zero-order valence-electron chi connectivity index (χ0n) is 11.3. The number of nitrogens with zero attached hydrogens (tertiary/aromatic N) is 1. The summed E-state index contributed by atoms with van der Waals surface area (Å²) in [4.78, 5) is 2.27. The normalized spacial score (nSPS) is 24.6. The Hall–Kier alpha value is -1.46. The molecule has 1 unspecified atom stereocenters. The van der Waals surface area contributed by atoms with Crippen LogP contribution in [0.25, 0.3) is 0 Å². The van der Waals surface area contributed by atoms with Crippen molar-refractivity contribution in [1.29, 1.82) is 0 Å². The smallest absolute Gasteiger partial charge is 0.231 e. The highest BCUT2D eigenvalue weighted by molar-refractivity contribution is 5.59. The van der Waals surface area contributed by atoms with Crippen molar-refractivity contribution in [3.63, 3.8) is 0 Å². The molecule has 5 nitrogen and oxygen atoms in total. The van der Waals surface area contributed by atoms with Gasteiger partial charge in [-0.05, 0) is 26.0 Å². The number of rotatable bonds is 2. The van der Waals surface area contributed by atoms with Gasteiger partial charge < -0.3 is 24.8 Å². The maximum atomic E-state index is 9.61. The van der Waals surface area contributed by atoms with Gasteiger partial charge in [-0.1, -0.05) is 0 Å². The largest absolute Gasteiger partial charge is 0.454 e. The van der Waals surface area contributed by atoms with E-state index in [4.69, 9.17) is 9.47 Å². The molecule has 1 atom stereocenters. The molecule has 1 fully saturated rings. The van der Waals surface area contributed by atoms with E-state index in [9.17, 15) is 5.11 Å². The van der Waals surface area contributed by atoms with E-state index in [0.717, 1.165) is 30.3 Å². The average Bonchev–Trinajstić information content (AvgIpc) is 2.84. The Labute approximate surface area is 113 Å². The molecule has 0 radical (unpaired) electrons. The fourth-order valence-corrected chi connectivity index (χ4v) is 2.96. The average molecular weight is 264 g/mol. The summed E-state index contributed by atoms with van der Waals surface area (Å²) in [5, 5.41) is 13.0. The van der Waals surface area contributed by atoms with Crippen LogP contribution >= 0.6 is 0 Å². The van der Waals surface area contributed by atoms with E-state index in [-0.39, 0.29) is 25.0 Å². The lowest BCUT2D eigenvalue weighted by Crippen LogP contribution is -2.64. The first kappa shape index (κ1) is 12.6. The Morgan fingerprint density at radius 1 is 1.37 bits per heavy atom. The highest BCUT2D eigenvalue weighted by Crippen LogP contribution is 2.38. The van der Waals surface area contributed by atoms with Crippen LogP contribution in [0.15, 0.2) is 18.2 Å². The van der Waals surface area contributed by atoms with Crippen LogP contribution < -0.4 is 19.7 Å². The molecule has 5 heteroatoms. The monoisotopic (exact) mass is 264 g/mol. The van der Waals surface area contributed by atoms with Gasteiger partial charge in [0.25, 0.3) is 0 Å². The molecule has 0 bridgehead atoms. The van der Waals surface area contributed by atoms with Crippen LogP contribution in [0, 0.1) is 0 Å². The second-order valence-electron chi connectivity index (χ2n) is 5.69. The van der Waals surface area contributed by atoms with Crippen molar-refractivity contribution in [2.24, 2.45) is 0 Å². The van der Waals surface area contributed by atoms with Crippen LogP contribution in [0.5, 0.6) is 11.5 Å². The van der Waals surface area contributed by atoms with Crippen LogP contribution in [-0.4, -0.2) is 43.2 Å². The molecule has 1 saturated heterocycles. The highest BCUT2D eigenvalue weighted by Gasteiger charge is 2.36. The maximum absolute atomic E-state index is 9.61. The van der Waals surface area contributed by atoms with Gasteiger partial charge in [-0.3, -0.25) is 0 Å². The predicted octanol–water partition coefficient (Wildman–Crippen LogP) is 0.964. The molecule has 3 rings (SSSR count). The summed E-state index contributed by atoms with van der Waals surface area (Å²) >= 11 is 0. The Morgan fingerprint density at radius 2 is 2.16 bits per heavy atom. The quantitative estimate of drug-likeness (QED) is 0.833. The van der Waals surface area contributed by atoms with E-state index in [0.29, 0.717) is 0 Å². The van der Waals surface area contributed by atoms with Crippen LogP contribution in [0.3, 0.4) is 0 Å². The van der Waals surface area contributed by atoms with Crippen molar-refractivity contribution in [2.45, 2.75) is 25.4 Å². The Bertz CT molecular complexity index is 476. The summed E-state index contributed by atoms with van der Waals surface area (Å²) in [5.41, 5.74) is 1.01. The first-order valence-corrected chi connectivity index (χ1v) is 6.62. The maximum Gasteiger partial charge on any atom is 0.231 e. The fourth-order valence-electron chi connectivity index (χ4n) is 2.96. The number of hydrogen-bond donors (Lipinski definition) is 2. The zero-order valence-corrected chi connectivity index (χ0v) is 11.3. The number of ether oxygens (including phenoxy) is 2. The van der Waals surface area contributed by atoms with E-state index >= 15 is 0 Å². The van der Waals surface area contributed by atoms with Gasteiger partial charge >= 0.3 is 0 Å². The number of aliphatic hydroxyl groups is 1. The lowest BCUT2D eigenvalue weighted by atomic mass is 9.95. The van der Waals surface area contributed by atoms with Gasteiger partial charge in [-0.2, -0.15) is 0 Å². The van der Waals surface area contributed by atoms with E-state index in [1.807, 2.05) is 18.2 Å². The Morgan fingerprint density at radius 3 is 2.95 bits per heavy atom. The molecule has 19 heavy (non-hydrogen) atoms. The third kappa shape index (κ3) is 2.13. The summed E-state index contributed by atoms with van der Waals surface area (Å²) in [6, 6.07) is 6.04. The Balaban J connectivity index is 1.97. The van der Waals surface area contributed by atoms with Crippen LogP contribution in [0.4, 0.5) is 5.69 Å². The number of piperazine rings is 1. The first-order valence-electron chi connectivity index (χ1n) is 6.62. The van der Waals surface area contributed by atoms with Crippen LogP contribution in [0.1, 0.15) is 13.8 Å². The van der Waals surface area contributed by atoms with Gasteiger partial charge in [-0.25, -0.2) is 0 Å². The topological polar surface area (TPSA) is 54.0 Å². The van der Waals surface area contributed by atoms with Crippen molar-refractivity contribution in [1.82, 2.24) is 5.32 Å². The van der Waals surface area contributed by atoms with Crippen molar-refractivity contribution in [3.8, 4) is 11.5 Å². The molecule has 0 spiro atoms. The molecule has 2 heterocycles. The molecular formula is C14H20N2O3. The van der Waals surface area contributed by atoms with Crippen LogP contribution in [-0.2, 0) is 0 Å². The van der Waals surface area contributed by atoms with Gasteiger partial charge in [0.05, 0.1) is 12.6 Å². The summed E-state index contributed by atoms with van der Waals surface area (Å²) in [7, 11) is 0. The molecule has 2 aliphatic heterocycles.